The van der Waals surface area contributed by atoms with Crippen LogP contribution >= 0.6 is 43.2 Å². The first kappa shape index (κ1) is 12.2. The number of alkyl halides is 1. The van der Waals surface area contributed by atoms with Crippen LogP contribution in [-0.2, 0) is 11.2 Å². The summed E-state index contributed by atoms with van der Waals surface area (Å²) < 4.78 is 1.13. The van der Waals surface area contributed by atoms with Crippen molar-refractivity contribution in [2.45, 2.75) is 18.2 Å². The van der Waals surface area contributed by atoms with Crippen LogP contribution < -0.4 is 5.32 Å². The van der Waals surface area contributed by atoms with Crippen LogP contribution in [0.1, 0.15) is 11.8 Å². The predicted octanol–water partition coefficient (Wildman–Crippen LogP) is 2.95. The molecule has 0 fully saturated rings. The SMILES string of the molecule is CC(Br)C(=O)NCCc1ccc(Br)s1. The van der Waals surface area contributed by atoms with Crippen molar-refractivity contribution in [2.24, 2.45) is 0 Å². The smallest absolute Gasteiger partial charge is 0.233 e. The van der Waals surface area contributed by atoms with Gasteiger partial charge in [-0.15, -0.1) is 11.3 Å². The highest BCUT2D eigenvalue weighted by atomic mass is 79.9. The second-order valence-electron chi connectivity index (χ2n) is 2.86. The van der Waals surface area contributed by atoms with Crippen molar-refractivity contribution in [2.75, 3.05) is 6.54 Å². The van der Waals surface area contributed by atoms with Crippen molar-refractivity contribution < 1.29 is 4.79 Å². The molecule has 0 saturated heterocycles. The zero-order valence-corrected chi connectivity index (χ0v) is 11.7. The highest BCUT2D eigenvalue weighted by Crippen LogP contribution is 2.21. The van der Waals surface area contributed by atoms with Gasteiger partial charge < -0.3 is 5.32 Å². The molecular weight excluding hydrogens is 330 g/mol. The lowest BCUT2D eigenvalue weighted by molar-refractivity contribution is -0.120. The van der Waals surface area contributed by atoms with Crippen LogP contribution in [0.3, 0.4) is 0 Å². The number of hydrogen-bond donors (Lipinski definition) is 1. The number of hydrogen-bond acceptors (Lipinski definition) is 2. The Morgan fingerprint density at radius 3 is 2.86 bits per heavy atom. The molecule has 1 atom stereocenters. The van der Waals surface area contributed by atoms with E-state index in [4.69, 9.17) is 0 Å². The molecule has 0 aliphatic heterocycles. The number of carbonyl (C=O) groups excluding carboxylic acids is 1. The quantitative estimate of drug-likeness (QED) is 0.839. The standard InChI is InChI=1S/C9H11Br2NOS/c1-6(10)9(13)12-5-4-7-2-3-8(11)14-7/h2-3,6H,4-5H2,1H3,(H,12,13). The number of thiophene rings is 1. The fraction of sp³-hybridized carbons (Fsp3) is 0.444. The molecule has 0 saturated carbocycles. The van der Waals surface area contributed by atoms with Gasteiger partial charge in [0.1, 0.15) is 0 Å². The van der Waals surface area contributed by atoms with E-state index in [1.165, 1.54) is 4.88 Å². The molecule has 78 valence electrons. The van der Waals surface area contributed by atoms with Gasteiger partial charge in [0.25, 0.3) is 0 Å². The number of carbonyl (C=O) groups is 1. The first-order chi connectivity index (χ1) is 6.59. The van der Waals surface area contributed by atoms with E-state index in [2.05, 4.69) is 43.2 Å². The molecule has 0 bridgehead atoms. The Hall–Kier alpha value is 0.130. The maximum absolute atomic E-state index is 11.2. The van der Waals surface area contributed by atoms with Crippen LogP contribution in [0, 0.1) is 0 Å². The molecule has 14 heavy (non-hydrogen) atoms. The summed E-state index contributed by atoms with van der Waals surface area (Å²) in [4.78, 5) is 12.3. The minimum absolute atomic E-state index is 0.0422. The molecule has 0 aromatic carbocycles. The lowest BCUT2D eigenvalue weighted by atomic mass is 10.3. The molecule has 1 amide bonds. The fourth-order valence-corrected chi connectivity index (χ4v) is 2.58. The summed E-state index contributed by atoms with van der Waals surface area (Å²) in [6, 6.07) is 4.09. The van der Waals surface area contributed by atoms with E-state index in [9.17, 15) is 4.79 Å². The second-order valence-corrected chi connectivity index (χ2v) is 6.78. The highest BCUT2D eigenvalue weighted by molar-refractivity contribution is 9.11. The number of halogens is 2. The van der Waals surface area contributed by atoms with Crippen LogP contribution in [0.2, 0.25) is 0 Å². The van der Waals surface area contributed by atoms with Crippen molar-refractivity contribution in [3.8, 4) is 0 Å². The van der Waals surface area contributed by atoms with Crippen LogP contribution in [0.4, 0.5) is 0 Å². The second kappa shape index (κ2) is 5.88. The largest absolute Gasteiger partial charge is 0.355 e. The van der Waals surface area contributed by atoms with Crippen molar-refractivity contribution in [1.82, 2.24) is 5.32 Å². The third kappa shape index (κ3) is 4.11. The Morgan fingerprint density at radius 2 is 2.36 bits per heavy atom. The number of amides is 1. The van der Waals surface area contributed by atoms with Gasteiger partial charge in [0.05, 0.1) is 8.61 Å². The van der Waals surface area contributed by atoms with Crippen LogP contribution in [0.15, 0.2) is 15.9 Å². The average Bonchev–Trinajstić information content (AvgIpc) is 2.51. The maximum atomic E-state index is 11.2. The highest BCUT2D eigenvalue weighted by Gasteiger charge is 2.07. The van der Waals surface area contributed by atoms with Gasteiger partial charge in [-0.2, -0.15) is 0 Å². The summed E-state index contributed by atoms with van der Waals surface area (Å²) in [5, 5.41) is 2.85. The van der Waals surface area contributed by atoms with Gasteiger partial charge in [-0.05, 0) is 41.4 Å². The minimum Gasteiger partial charge on any atom is -0.355 e. The summed E-state index contributed by atoms with van der Waals surface area (Å²) >= 11 is 8.31. The van der Waals surface area contributed by atoms with Gasteiger partial charge in [0, 0.05) is 11.4 Å². The van der Waals surface area contributed by atoms with Crippen molar-refractivity contribution in [3.63, 3.8) is 0 Å². The minimum atomic E-state index is -0.113. The summed E-state index contributed by atoms with van der Waals surface area (Å²) in [5.41, 5.74) is 0. The van der Waals surface area contributed by atoms with E-state index in [-0.39, 0.29) is 10.7 Å². The van der Waals surface area contributed by atoms with Gasteiger partial charge in [0.2, 0.25) is 5.91 Å². The molecule has 1 aromatic heterocycles. The van der Waals surface area contributed by atoms with Crippen molar-refractivity contribution >= 4 is 49.1 Å². The molecule has 1 unspecified atom stereocenters. The van der Waals surface area contributed by atoms with E-state index >= 15 is 0 Å². The molecule has 2 nitrogen and oxygen atoms in total. The first-order valence-corrected chi connectivity index (χ1v) is 6.78. The van der Waals surface area contributed by atoms with Crippen molar-refractivity contribution in [3.05, 3.63) is 20.8 Å². The van der Waals surface area contributed by atoms with Gasteiger partial charge >= 0.3 is 0 Å². The topological polar surface area (TPSA) is 29.1 Å². The van der Waals surface area contributed by atoms with E-state index in [1.807, 2.05) is 13.0 Å². The third-order valence-electron chi connectivity index (χ3n) is 1.66. The number of rotatable bonds is 4. The van der Waals surface area contributed by atoms with Crippen LogP contribution in [0.5, 0.6) is 0 Å². The Labute approximate surface area is 104 Å². The van der Waals surface area contributed by atoms with E-state index < -0.39 is 0 Å². The zero-order valence-electron chi connectivity index (χ0n) is 7.72. The summed E-state index contributed by atoms with van der Waals surface area (Å²) in [6.07, 6.45) is 0.891. The fourth-order valence-electron chi connectivity index (χ4n) is 0.936. The predicted molar refractivity (Wildman–Crippen MR) is 67.1 cm³/mol. The van der Waals surface area contributed by atoms with Crippen molar-refractivity contribution in [1.29, 1.82) is 0 Å². The van der Waals surface area contributed by atoms with E-state index in [0.29, 0.717) is 6.54 Å². The Kier molecular flexibility index (Phi) is 5.12. The molecule has 1 aromatic rings. The molecule has 0 radical (unpaired) electrons. The third-order valence-corrected chi connectivity index (χ3v) is 3.76. The molecule has 1 rings (SSSR count). The van der Waals surface area contributed by atoms with Gasteiger partial charge in [-0.1, -0.05) is 15.9 Å². The first-order valence-electron chi connectivity index (χ1n) is 4.25. The van der Waals surface area contributed by atoms with Crippen LogP contribution in [-0.4, -0.2) is 17.3 Å². The zero-order chi connectivity index (χ0) is 10.6. The summed E-state index contributed by atoms with van der Waals surface area (Å²) in [6.45, 7) is 2.51. The molecular formula is C9H11Br2NOS. The average molecular weight is 341 g/mol. The normalized spacial score (nSPS) is 12.5. The lowest BCUT2D eigenvalue weighted by Gasteiger charge is -2.04. The Morgan fingerprint density at radius 1 is 1.64 bits per heavy atom. The number of nitrogens with one attached hydrogen (secondary N) is 1. The molecule has 0 aliphatic carbocycles. The summed E-state index contributed by atoms with van der Waals surface area (Å²) in [7, 11) is 0. The van der Waals surface area contributed by atoms with Gasteiger partial charge in [0.15, 0.2) is 0 Å². The van der Waals surface area contributed by atoms with E-state index in [0.717, 1.165) is 10.2 Å². The Bertz CT molecular complexity index is 312. The van der Waals surface area contributed by atoms with E-state index in [1.54, 1.807) is 11.3 Å². The van der Waals surface area contributed by atoms with Crippen LogP contribution in [0.25, 0.3) is 0 Å². The molecule has 1 heterocycles. The van der Waals surface area contributed by atoms with Gasteiger partial charge in [-0.3, -0.25) is 4.79 Å². The summed E-state index contributed by atoms with van der Waals surface area (Å²) in [5.74, 6) is 0.0422. The molecule has 1 N–H and O–H groups in total. The molecule has 5 heteroatoms. The molecule has 0 aliphatic rings. The molecule has 0 spiro atoms. The maximum Gasteiger partial charge on any atom is 0.233 e. The lowest BCUT2D eigenvalue weighted by Crippen LogP contribution is -2.30. The Balaban J connectivity index is 2.25. The monoisotopic (exact) mass is 339 g/mol. The van der Waals surface area contributed by atoms with Gasteiger partial charge in [-0.25, -0.2) is 0 Å².